The molecule has 0 aromatic heterocycles. The van der Waals surface area contributed by atoms with Crippen molar-refractivity contribution in [2.45, 2.75) is 30.5 Å². The summed E-state index contributed by atoms with van der Waals surface area (Å²) in [7, 11) is 0. The molecule has 1 N–H and O–H groups in total. The number of alkyl halides is 5. The molecule has 1 nitrogen and oxygen atoms in total. The summed E-state index contributed by atoms with van der Waals surface area (Å²) in [6, 6.07) is 1.61. The molecule has 1 aliphatic carbocycles. The standard InChI is InChI=1S/C12H8Cl2F5O/c1-10(20,12(17,18)19)5-2-7(13)9(8(14)3-5)6-4-11(6,15)16/h2-4,6,20H,1H3. The third-order valence-electron chi connectivity index (χ3n) is 3.20. The first-order valence-corrected chi connectivity index (χ1v) is 6.16. The van der Waals surface area contributed by atoms with E-state index in [2.05, 4.69) is 0 Å². The molecule has 0 aliphatic heterocycles. The summed E-state index contributed by atoms with van der Waals surface area (Å²) in [4.78, 5) is 0. The van der Waals surface area contributed by atoms with Gasteiger partial charge in [0.15, 0.2) is 5.60 Å². The summed E-state index contributed by atoms with van der Waals surface area (Å²) in [5, 5.41) is 8.85. The molecule has 1 aromatic rings. The zero-order valence-electron chi connectivity index (χ0n) is 9.90. The van der Waals surface area contributed by atoms with Crippen LogP contribution in [0, 0.1) is 6.42 Å². The van der Waals surface area contributed by atoms with Gasteiger partial charge in [0.25, 0.3) is 5.92 Å². The molecule has 0 saturated heterocycles. The highest BCUT2D eigenvalue weighted by Gasteiger charge is 2.60. The quantitative estimate of drug-likeness (QED) is 0.778. The number of halogens is 7. The molecule has 1 fully saturated rings. The Labute approximate surface area is 121 Å². The first kappa shape index (κ1) is 15.8. The molecular formula is C12H8Cl2F5O. The molecule has 1 aromatic carbocycles. The highest BCUT2D eigenvalue weighted by Crippen LogP contribution is 2.58. The third-order valence-corrected chi connectivity index (χ3v) is 3.82. The molecule has 0 amide bonds. The van der Waals surface area contributed by atoms with Gasteiger partial charge in [0.2, 0.25) is 0 Å². The topological polar surface area (TPSA) is 20.2 Å². The second-order valence-corrected chi connectivity index (χ2v) is 5.56. The highest BCUT2D eigenvalue weighted by molar-refractivity contribution is 6.36. The zero-order chi connectivity index (χ0) is 15.5. The Bertz CT molecular complexity index is 530. The maximum absolute atomic E-state index is 13.0. The third kappa shape index (κ3) is 2.49. The van der Waals surface area contributed by atoms with Crippen molar-refractivity contribution in [2.75, 3.05) is 0 Å². The van der Waals surface area contributed by atoms with Crippen LogP contribution in [0.5, 0.6) is 0 Å². The smallest absolute Gasteiger partial charge is 0.376 e. The summed E-state index contributed by atoms with van der Waals surface area (Å²) >= 11 is 11.5. The minimum Gasteiger partial charge on any atom is -0.376 e. The van der Waals surface area contributed by atoms with Crippen LogP contribution in [-0.4, -0.2) is 17.2 Å². The number of rotatable bonds is 2. The molecule has 1 aliphatic rings. The molecule has 1 saturated carbocycles. The molecule has 20 heavy (non-hydrogen) atoms. The van der Waals surface area contributed by atoms with Crippen LogP contribution in [0.3, 0.4) is 0 Å². The average Bonchev–Trinajstić information content (AvgIpc) is 2.84. The van der Waals surface area contributed by atoms with Crippen molar-refractivity contribution in [3.8, 4) is 0 Å². The molecule has 1 radical (unpaired) electrons. The van der Waals surface area contributed by atoms with Gasteiger partial charge in [-0.25, -0.2) is 8.78 Å². The van der Waals surface area contributed by atoms with Crippen molar-refractivity contribution < 1.29 is 27.1 Å². The zero-order valence-corrected chi connectivity index (χ0v) is 11.4. The van der Waals surface area contributed by atoms with Crippen LogP contribution in [0.15, 0.2) is 12.1 Å². The van der Waals surface area contributed by atoms with Crippen molar-refractivity contribution >= 4 is 23.2 Å². The monoisotopic (exact) mass is 333 g/mol. The average molecular weight is 334 g/mol. The van der Waals surface area contributed by atoms with Crippen molar-refractivity contribution in [3.05, 3.63) is 39.7 Å². The second-order valence-electron chi connectivity index (χ2n) is 4.74. The Kier molecular flexibility index (Phi) is 3.51. The first-order chi connectivity index (χ1) is 8.88. The van der Waals surface area contributed by atoms with Crippen LogP contribution in [-0.2, 0) is 5.60 Å². The van der Waals surface area contributed by atoms with Crippen LogP contribution in [0.1, 0.15) is 24.0 Å². The van der Waals surface area contributed by atoms with Gasteiger partial charge in [-0.3, -0.25) is 0 Å². The Hall–Kier alpha value is -0.590. The van der Waals surface area contributed by atoms with E-state index in [1.807, 2.05) is 0 Å². The lowest BCUT2D eigenvalue weighted by atomic mass is 9.93. The second kappa shape index (κ2) is 4.45. The predicted octanol–water partition coefficient (Wildman–Crippen LogP) is 4.70. The molecule has 2 rings (SSSR count). The van der Waals surface area contributed by atoms with Crippen LogP contribution in [0.2, 0.25) is 10.0 Å². The van der Waals surface area contributed by atoms with E-state index in [1.165, 1.54) is 0 Å². The molecule has 2 unspecified atom stereocenters. The number of benzene rings is 1. The summed E-state index contributed by atoms with van der Waals surface area (Å²) in [6.45, 7) is 0.534. The van der Waals surface area contributed by atoms with Gasteiger partial charge in [0, 0.05) is 16.5 Å². The number of aliphatic hydroxyl groups is 1. The van der Waals surface area contributed by atoms with Crippen LogP contribution in [0.4, 0.5) is 22.0 Å². The van der Waals surface area contributed by atoms with Crippen molar-refractivity contribution in [2.24, 2.45) is 0 Å². The van der Waals surface area contributed by atoms with Crippen LogP contribution in [0.25, 0.3) is 0 Å². The number of hydrogen-bond donors (Lipinski definition) is 1. The van der Waals surface area contributed by atoms with E-state index in [1.54, 1.807) is 0 Å². The molecule has 0 bridgehead atoms. The van der Waals surface area contributed by atoms with E-state index in [0.717, 1.165) is 12.1 Å². The first-order valence-electron chi connectivity index (χ1n) is 5.40. The highest BCUT2D eigenvalue weighted by atomic mass is 35.5. The van der Waals surface area contributed by atoms with Gasteiger partial charge in [0.05, 0.1) is 5.92 Å². The fourth-order valence-corrected chi connectivity index (χ4v) is 2.50. The van der Waals surface area contributed by atoms with Gasteiger partial charge in [-0.05, 0) is 30.2 Å². The lowest BCUT2D eigenvalue weighted by molar-refractivity contribution is -0.258. The molecule has 111 valence electrons. The van der Waals surface area contributed by atoms with Gasteiger partial charge < -0.3 is 5.11 Å². The minimum atomic E-state index is -4.95. The Balaban J connectivity index is 2.47. The molecule has 0 heterocycles. The lowest BCUT2D eigenvalue weighted by Crippen LogP contribution is -2.39. The van der Waals surface area contributed by atoms with Crippen molar-refractivity contribution in [3.63, 3.8) is 0 Å². The van der Waals surface area contributed by atoms with Gasteiger partial charge >= 0.3 is 6.18 Å². The van der Waals surface area contributed by atoms with E-state index in [9.17, 15) is 27.1 Å². The lowest BCUT2D eigenvalue weighted by Gasteiger charge is -2.27. The van der Waals surface area contributed by atoms with Crippen molar-refractivity contribution in [1.29, 1.82) is 0 Å². The Morgan fingerprint density at radius 1 is 1.15 bits per heavy atom. The fourth-order valence-electron chi connectivity index (χ4n) is 1.78. The maximum Gasteiger partial charge on any atom is 0.421 e. The van der Waals surface area contributed by atoms with E-state index >= 15 is 0 Å². The fraction of sp³-hybridized carbons (Fsp3) is 0.417. The van der Waals surface area contributed by atoms with Crippen LogP contribution >= 0.6 is 23.2 Å². The molecular weight excluding hydrogens is 326 g/mol. The molecule has 8 heteroatoms. The van der Waals surface area contributed by atoms with Gasteiger partial charge in [0.1, 0.15) is 0 Å². The Morgan fingerprint density at radius 3 is 1.85 bits per heavy atom. The van der Waals surface area contributed by atoms with Gasteiger partial charge in [-0.1, -0.05) is 23.2 Å². The SMILES string of the molecule is CC(O)(c1cc(Cl)c(C2[CH]C2(F)F)c(Cl)c1)C(F)(F)F. The van der Waals surface area contributed by atoms with Gasteiger partial charge in [-0.2, -0.15) is 13.2 Å². The van der Waals surface area contributed by atoms with Gasteiger partial charge in [-0.15, -0.1) is 0 Å². The van der Waals surface area contributed by atoms with E-state index in [0.29, 0.717) is 13.3 Å². The molecule has 2 atom stereocenters. The molecule has 0 spiro atoms. The summed E-state index contributed by atoms with van der Waals surface area (Å²) in [6.07, 6.45) is -4.27. The van der Waals surface area contributed by atoms with E-state index in [4.69, 9.17) is 23.2 Å². The normalized spacial score (nSPS) is 24.4. The Morgan fingerprint density at radius 2 is 1.55 bits per heavy atom. The summed E-state index contributed by atoms with van der Waals surface area (Å²) in [5.74, 6) is -4.38. The van der Waals surface area contributed by atoms with E-state index < -0.39 is 29.2 Å². The largest absolute Gasteiger partial charge is 0.421 e. The number of hydrogen-bond acceptors (Lipinski definition) is 1. The van der Waals surface area contributed by atoms with Crippen molar-refractivity contribution in [1.82, 2.24) is 0 Å². The minimum absolute atomic E-state index is 0.139. The van der Waals surface area contributed by atoms with Crippen LogP contribution < -0.4 is 0 Å². The van der Waals surface area contributed by atoms with E-state index in [-0.39, 0.29) is 15.6 Å². The summed E-state index contributed by atoms with van der Waals surface area (Å²) in [5.41, 5.74) is -3.91. The predicted molar refractivity (Wildman–Crippen MR) is 64.1 cm³/mol. The summed E-state index contributed by atoms with van der Waals surface area (Å²) < 4.78 is 64.1. The maximum atomic E-state index is 13.0.